The second kappa shape index (κ2) is 8.45. The molecule has 0 saturated heterocycles. The van der Waals surface area contributed by atoms with E-state index in [-0.39, 0.29) is 29.7 Å². The number of carbonyl (C=O) groups is 3. The van der Waals surface area contributed by atoms with Crippen molar-refractivity contribution in [3.05, 3.63) is 45.7 Å². The van der Waals surface area contributed by atoms with Crippen LogP contribution in [-0.4, -0.2) is 82.1 Å². The number of aliphatic hydroxyl groups is 3. The molecule has 4 rings (SSSR count). The van der Waals surface area contributed by atoms with E-state index in [9.17, 15) is 34.8 Å². The summed E-state index contributed by atoms with van der Waals surface area (Å²) in [5, 5.41) is 48.0. The van der Waals surface area contributed by atoms with E-state index in [2.05, 4.69) is 17.2 Å². The second-order valence-electron chi connectivity index (χ2n) is 10.7. The van der Waals surface area contributed by atoms with E-state index >= 15 is 0 Å². The van der Waals surface area contributed by atoms with Crippen molar-refractivity contribution in [2.45, 2.75) is 38.3 Å². The van der Waals surface area contributed by atoms with Crippen LogP contribution in [0.15, 0.2) is 29.0 Å². The van der Waals surface area contributed by atoms with Crippen LogP contribution < -0.4 is 11.1 Å². The fraction of sp³-hybridized carbons (Fsp3) is 0.444. The highest BCUT2D eigenvalue weighted by Crippen LogP contribution is 2.63. The van der Waals surface area contributed by atoms with Crippen LogP contribution in [0.5, 0.6) is 5.75 Å². The number of rotatable bonds is 3. The first-order valence-corrected chi connectivity index (χ1v) is 11.8. The predicted octanol–water partition coefficient (Wildman–Crippen LogP) is 0.315. The lowest BCUT2D eigenvalue weighted by Gasteiger charge is -2.59. The fourth-order valence-electron chi connectivity index (χ4n) is 6.67. The fourth-order valence-corrected chi connectivity index (χ4v) is 6.67. The summed E-state index contributed by atoms with van der Waals surface area (Å²) in [7, 11) is 4.88. The monoisotopic (exact) mass is 509 g/mol. The molecule has 0 aromatic heterocycles. The van der Waals surface area contributed by atoms with Gasteiger partial charge >= 0.3 is 0 Å². The van der Waals surface area contributed by atoms with Gasteiger partial charge in [0.15, 0.2) is 11.4 Å². The van der Waals surface area contributed by atoms with Crippen LogP contribution in [0, 0.1) is 22.7 Å². The van der Waals surface area contributed by atoms with Gasteiger partial charge in [-0.25, -0.2) is 0 Å². The average Bonchev–Trinajstić information content (AvgIpc) is 2.77. The molecule has 196 valence electrons. The zero-order chi connectivity index (χ0) is 27.7. The van der Waals surface area contributed by atoms with Crippen molar-refractivity contribution in [1.82, 2.24) is 10.2 Å². The summed E-state index contributed by atoms with van der Waals surface area (Å²) in [6, 6.07) is 1.79. The van der Waals surface area contributed by atoms with Crippen molar-refractivity contribution in [1.29, 1.82) is 0 Å². The first-order valence-electron chi connectivity index (χ1n) is 11.8. The number of nitrogens with zero attached hydrogens (tertiary/aromatic N) is 1. The Balaban J connectivity index is 2.06. The lowest BCUT2D eigenvalue weighted by Crippen LogP contribution is -2.72. The number of hydrogen-bond acceptors (Lipinski definition) is 9. The minimum atomic E-state index is -2.74. The average molecular weight is 510 g/mol. The van der Waals surface area contributed by atoms with E-state index in [1.54, 1.807) is 34.1 Å². The number of nitrogens with two attached hydrogens (primary N) is 1. The van der Waals surface area contributed by atoms with Crippen LogP contribution in [0.25, 0.3) is 5.76 Å². The number of likely N-dealkylation sites (N-methyl/N-ethyl adjacent to an activating group) is 1. The summed E-state index contributed by atoms with van der Waals surface area (Å²) in [6.07, 6.45) is 0.114. The van der Waals surface area contributed by atoms with Crippen LogP contribution in [0.4, 0.5) is 0 Å². The van der Waals surface area contributed by atoms with E-state index in [1.807, 2.05) is 0 Å². The van der Waals surface area contributed by atoms with E-state index < -0.39 is 57.0 Å². The molecule has 7 N–H and O–H groups in total. The summed E-state index contributed by atoms with van der Waals surface area (Å²) in [5.74, 6) is 0.883. The molecule has 10 nitrogen and oxygen atoms in total. The molecule has 0 heterocycles. The maximum absolute atomic E-state index is 14.1. The third-order valence-electron chi connectivity index (χ3n) is 8.00. The van der Waals surface area contributed by atoms with Crippen LogP contribution >= 0.6 is 0 Å². The van der Waals surface area contributed by atoms with Gasteiger partial charge in [-0.1, -0.05) is 25.7 Å². The second-order valence-corrected chi connectivity index (χ2v) is 10.7. The molecule has 1 aromatic rings. The van der Waals surface area contributed by atoms with Crippen molar-refractivity contribution in [2.24, 2.45) is 16.6 Å². The number of benzene rings is 1. The number of primary amides is 1. The van der Waals surface area contributed by atoms with Gasteiger partial charge in [0.25, 0.3) is 5.91 Å². The number of aromatic hydroxyl groups is 1. The van der Waals surface area contributed by atoms with Gasteiger partial charge in [0.1, 0.15) is 22.8 Å². The molecule has 0 bridgehead atoms. The van der Waals surface area contributed by atoms with Gasteiger partial charge in [0.2, 0.25) is 5.78 Å². The third kappa shape index (κ3) is 3.35. The van der Waals surface area contributed by atoms with Gasteiger partial charge in [-0.15, -0.1) is 0 Å². The molecule has 0 unspecified atom stereocenters. The molecule has 3 aliphatic carbocycles. The standard InChI is InChI=1S/C27H31N3O7/c1-25-11-14-13(7-6-10-29-3)8-9-15(31)16(14)19(32)18(25)23(35)27(37)22(34)17(24(28)36)20(33)21(30(4)5)26(27,2)12-25/h8-9,21,29,31-32,34,37H,10-12H2,1-5H3,(H2,28,36)/t21-,25+,26+,27-/m1/s1. The molecule has 37 heavy (non-hydrogen) atoms. The van der Waals surface area contributed by atoms with Gasteiger partial charge in [0.05, 0.1) is 18.2 Å². The molecule has 0 aliphatic heterocycles. The molecule has 3 aliphatic rings. The Morgan fingerprint density at radius 3 is 2.43 bits per heavy atom. The van der Waals surface area contributed by atoms with E-state index in [1.165, 1.54) is 17.9 Å². The number of nitrogens with one attached hydrogen (secondary N) is 1. The zero-order valence-corrected chi connectivity index (χ0v) is 21.4. The highest BCUT2D eigenvalue weighted by molar-refractivity contribution is 6.25. The zero-order valence-electron chi connectivity index (χ0n) is 21.4. The Morgan fingerprint density at radius 2 is 1.86 bits per heavy atom. The van der Waals surface area contributed by atoms with Crippen LogP contribution in [0.2, 0.25) is 0 Å². The number of amides is 1. The normalized spacial score (nSPS) is 30.9. The van der Waals surface area contributed by atoms with Gasteiger partial charge in [-0.3, -0.25) is 19.3 Å². The number of fused-ring (bicyclic) bond motifs is 3. The number of phenols is 1. The van der Waals surface area contributed by atoms with Gasteiger partial charge in [-0.05, 0) is 51.7 Å². The molecular formula is C27H31N3O7. The first kappa shape index (κ1) is 26.4. The molecule has 1 saturated carbocycles. The summed E-state index contributed by atoms with van der Waals surface area (Å²) in [5.41, 5.74) is -0.0601. The van der Waals surface area contributed by atoms with Crippen molar-refractivity contribution in [3.63, 3.8) is 0 Å². The largest absolute Gasteiger partial charge is 0.508 e. The molecule has 10 heteroatoms. The Kier molecular flexibility index (Phi) is 6.03. The highest BCUT2D eigenvalue weighted by Gasteiger charge is 2.72. The SMILES string of the molecule is CNCC#Cc1ccc(O)c2c1C[C@@]1(C)C[C@@]3(C)[C@H](N(C)C)C(=O)C(C(N)=O)=C(O)[C@@]3(O)C(=O)C1=C2O. The molecule has 1 aromatic carbocycles. The molecule has 4 atom stereocenters. The van der Waals surface area contributed by atoms with E-state index in [0.717, 1.165) is 0 Å². The minimum Gasteiger partial charge on any atom is -0.508 e. The summed E-state index contributed by atoms with van der Waals surface area (Å²) in [6.45, 7) is 3.64. The van der Waals surface area contributed by atoms with Gasteiger partial charge in [-0.2, -0.15) is 0 Å². The molecule has 0 radical (unpaired) electrons. The van der Waals surface area contributed by atoms with E-state index in [0.29, 0.717) is 17.7 Å². The minimum absolute atomic E-state index is 0.0129. The van der Waals surface area contributed by atoms with Crippen molar-refractivity contribution < 1.29 is 34.8 Å². The summed E-state index contributed by atoms with van der Waals surface area (Å²) >= 11 is 0. The third-order valence-corrected chi connectivity index (χ3v) is 8.00. The molecule has 1 fully saturated rings. The Labute approximate surface area is 214 Å². The van der Waals surface area contributed by atoms with E-state index in [4.69, 9.17) is 5.73 Å². The number of carbonyl (C=O) groups excluding carboxylic acids is 3. The predicted molar refractivity (Wildman–Crippen MR) is 134 cm³/mol. The van der Waals surface area contributed by atoms with Crippen LogP contribution in [0.1, 0.15) is 37.0 Å². The van der Waals surface area contributed by atoms with Crippen molar-refractivity contribution >= 4 is 23.2 Å². The Bertz CT molecular complexity index is 1380. The first-order chi connectivity index (χ1) is 17.2. The number of hydrogen-bond donors (Lipinski definition) is 6. The van der Waals surface area contributed by atoms with Gasteiger partial charge in [0, 0.05) is 22.0 Å². The number of Topliss-reactive ketones (excluding diaryl/α,β-unsaturated/α-hetero) is 2. The molecular weight excluding hydrogens is 478 g/mol. The topological polar surface area (TPSA) is 173 Å². The Hall–Kier alpha value is -3.65. The Morgan fingerprint density at radius 1 is 1.22 bits per heavy atom. The maximum atomic E-state index is 14.1. The van der Waals surface area contributed by atoms with Crippen LogP contribution in [0.3, 0.4) is 0 Å². The quantitative estimate of drug-likeness (QED) is 0.248. The van der Waals surface area contributed by atoms with Crippen molar-refractivity contribution in [2.75, 3.05) is 27.7 Å². The lowest BCUT2D eigenvalue weighted by atomic mass is 9.46. The van der Waals surface area contributed by atoms with Crippen molar-refractivity contribution in [3.8, 4) is 17.6 Å². The number of phenolic OH excluding ortho intramolecular Hbond substituents is 1. The number of aliphatic hydroxyl groups excluding tert-OH is 2. The number of ketones is 2. The maximum Gasteiger partial charge on any atom is 0.255 e. The smallest absolute Gasteiger partial charge is 0.255 e. The summed E-state index contributed by atoms with van der Waals surface area (Å²) < 4.78 is 0. The lowest BCUT2D eigenvalue weighted by molar-refractivity contribution is -0.176. The highest BCUT2D eigenvalue weighted by atomic mass is 16.3. The molecule has 1 amide bonds. The summed E-state index contributed by atoms with van der Waals surface area (Å²) in [4.78, 5) is 41.2. The molecule has 0 spiro atoms. The van der Waals surface area contributed by atoms with Crippen LogP contribution in [-0.2, 0) is 20.8 Å². The van der Waals surface area contributed by atoms with Gasteiger partial charge < -0.3 is 31.5 Å².